The van der Waals surface area contributed by atoms with Crippen LogP contribution < -0.4 is 5.32 Å². The molecule has 2 N–H and O–H groups in total. The zero-order valence-electron chi connectivity index (χ0n) is 12.6. The summed E-state index contributed by atoms with van der Waals surface area (Å²) in [5.41, 5.74) is -0.153. The van der Waals surface area contributed by atoms with Crippen molar-refractivity contribution >= 4 is 0 Å². The predicted molar refractivity (Wildman–Crippen MR) is 77.0 cm³/mol. The lowest BCUT2D eigenvalue weighted by Gasteiger charge is -2.39. The number of hydrogen-bond acceptors (Lipinski definition) is 3. The average molecular weight is 304 g/mol. The third kappa shape index (κ3) is 4.98. The summed E-state index contributed by atoms with van der Waals surface area (Å²) < 4.78 is 38.2. The number of nitrogens with zero attached hydrogens (tertiary/aromatic N) is 1. The van der Waals surface area contributed by atoms with Gasteiger partial charge in [-0.25, -0.2) is 0 Å². The van der Waals surface area contributed by atoms with E-state index in [0.717, 1.165) is 5.56 Å². The average Bonchev–Trinajstić information content (AvgIpc) is 2.43. The van der Waals surface area contributed by atoms with E-state index in [0.29, 0.717) is 0 Å². The summed E-state index contributed by atoms with van der Waals surface area (Å²) in [5.74, 6) is 0. The van der Waals surface area contributed by atoms with Crippen molar-refractivity contribution in [1.82, 2.24) is 10.2 Å². The Hall–Kier alpha value is -1.11. The Bertz CT molecular complexity index is 417. The van der Waals surface area contributed by atoms with Crippen molar-refractivity contribution in [3.05, 3.63) is 35.9 Å². The van der Waals surface area contributed by atoms with Crippen LogP contribution in [0.15, 0.2) is 30.3 Å². The van der Waals surface area contributed by atoms with Crippen molar-refractivity contribution in [2.45, 2.75) is 31.6 Å². The first-order valence-corrected chi connectivity index (χ1v) is 6.90. The molecule has 1 rings (SSSR count). The van der Waals surface area contributed by atoms with Crippen LogP contribution in [0.5, 0.6) is 0 Å². The number of benzene rings is 1. The largest absolute Gasteiger partial charge is 0.401 e. The van der Waals surface area contributed by atoms with Crippen molar-refractivity contribution < 1.29 is 18.3 Å². The molecule has 6 heteroatoms. The Balaban J connectivity index is 3.05. The Kier molecular flexibility index (Phi) is 6.19. The van der Waals surface area contributed by atoms with Crippen LogP contribution in [0.25, 0.3) is 0 Å². The molecule has 21 heavy (non-hydrogen) atoms. The molecule has 3 nitrogen and oxygen atoms in total. The molecule has 0 fully saturated rings. The number of halogens is 3. The van der Waals surface area contributed by atoms with E-state index in [1.54, 1.807) is 45.2 Å². The first-order valence-electron chi connectivity index (χ1n) is 6.90. The van der Waals surface area contributed by atoms with E-state index in [9.17, 15) is 18.3 Å². The maximum absolute atomic E-state index is 12.7. The summed E-state index contributed by atoms with van der Waals surface area (Å²) in [4.78, 5) is 1.32. The lowest BCUT2D eigenvalue weighted by Crippen LogP contribution is -2.55. The summed E-state index contributed by atoms with van der Waals surface area (Å²) >= 11 is 0. The van der Waals surface area contributed by atoms with Gasteiger partial charge in [-0.2, -0.15) is 13.2 Å². The second-order valence-corrected chi connectivity index (χ2v) is 5.47. The molecular weight excluding hydrogens is 281 g/mol. The number of aliphatic hydroxyl groups is 1. The zero-order valence-corrected chi connectivity index (χ0v) is 12.6. The van der Waals surface area contributed by atoms with Crippen molar-refractivity contribution in [2.24, 2.45) is 0 Å². The van der Waals surface area contributed by atoms with Gasteiger partial charge in [0, 0.05) is 12.6 Å². The SMILES string of the molecule is CNC(CO)(CN(CC(F)(F)F)C(C)C)c1ccccc1. The van der Waals surface area contributed by atoms with Crippen LogP contribution in [0.4, 0.5) is 13.2 Å². The summed E-state index contributed by atoms with van der Waals surface area (Å²) in [6.07, 6.45) is -4.27. The second-order valence-electron chi connectivity index (χ2n) is 5.47. The van der Waals surface area contributed by atoms with Crippen LogP contribution in [0.2, 0.25) is 0 Å². The van der Waals surface area contributed by atoms with Gasteiger partial charge in [0.25, 0.3) is 0 Å². The number of alkyl halides is 3. The van der Waals surface area contributed by atoms with E-state index in [1.165, 1.54) is 4.90 Å². The number of likely N-dealkylation sites (N-methyl/N-ethyl adjacent to an activating group) is 1. The van der Waals surface area contributed by atoms with E-state index < -0.39 is 18.3 Å². The van der Waals surface area contributed by atoms with Crippen molar-refractivity contribution in [2.75, 3.05) is 26.7 Å². The summed E-state index contributed by atoms with van der Waals surface area (Å²) in [5, 5.41) is 12.8. The smallest absolute Gasteiger partial charge is 0.394 e. The molecule has 0 aliphatic heterocycles. The van der Waals surface area contributed by atoms with Gasteiger partial charge in [0.2, 0.25) is 0 Å². The Labute approximate surface area is 123 Å². The van der Waals surface area contributed by atoms with Crippen LogP contribution in [-0.2, 0) is 5.54 Å². The molecule has 0 aliphatic rings. The van der Waals surface area contributed by atoms with Gasteiger partial charge in [-0.15, -0.1) is 0 Å². The van der Waals surface area contributed by atoms with Crippen LogP contribution >= 0.6 is 0 Å². The highest BCUT2D eigenvalue weighted by atomic mass is 19.4. The number of rotatable bonds is 7. The Morgan fingerprint density at radius 3 is 2.10 bits per heavy atom. The van der Waals surface area contributed by atoms with Gasteiger partial charge in [-0.05, 0) is 26.5 Å². The summed E-state index contributed by atoms with van der Waals surface area (Å²) in [7, 11) is 1.65. The molecule has 0 spiro atoms. The maximum atomic E-state index is 12.7. The van der Waals surface area contributed by atoms with Gasteiger partial charge in [0.05, 0.1) is 18.7 Å². The molecule has 0 amide bonds. The quantitative estimate of drug-likeness (QED) is 0.812. The zero-order chi connectivity index (χ0) is 16.1. The van der Waals surface area contributed by atoms with E-state index >= 15 is 0 Å². The van der Waals surface area contributed by atoms with Crippen molar-refractivity contribution in [3.8, 4) is 0 Å². The molecule has 120 valence electrons. The lowest BCUT2D eigenvalue weighted by atomic mass is 9.89. The highest BCUT2D eigenvalue weighted by Gasteiger charge is 2.38. The molecule has 1 atom stereocenters. The predicted octanol–water partition coefficient (Wildman–Crippen LogP) is 2.37. The minimum Gasteiger partial charge on any atom is -0.394 e. The molecule has 0 heterocycles. The van der Waals surface area contributed by atoms with E-state index in [2.05, 4.69) is 5.32 Å². The molecule has 1 unspecified atom stereocenters. The van der Waals surface area contributed by atoms with Crippen LogP contribution in [0.3, 0.4) is 0 Å². The number of aliphatic hydroxyl groups excluding tert-OH is 1. The van der Waals surface area contributed by atoms with Crippen molar-refractivity contribution in [3.63, 3.8) is 0 Å². The van der Waals surface area contributed by atoms with Gasteiger partial charge in [-0.1, -0.05) is 30.3 Å². The van der Waals surface area contributed by atoms with E-state index in [4.69, 9.17) is 0 Å². The van der Waals surface area contributed by atoms with Gasteiger partial charge >= 0.3 is 6.18 Å². The topological polar surface area (TPSA) is 35.5 Å². The molecule has 0 aromatic heterocycles. The Morgan fingerprint density at radius 1 is 1.14 bits per heavy atom. The standard InChI is InChI=1S/C15H23F3N2O/c1-12(2)20(10-15(16,17)18)9-14(11-21,19-3)13-7-5-4-6-8-13/h4-8,12,19,21H,9-11H2,1-3H3. The first kappa shape index (κ1) is 17.9. The minimum absolute atomic E-state index is 0.0706. The Morgan fingerprint density at radius 2 is 1.71 bits per heavy atom. The molecule has 0 radical (unpaired) electrons. The maximum Gasteiger partial charge on any atom is 0.401 e. The highest BCUT2D eigenvalue weighted by Crippen LogP contribution is 2.25. The number of nitrogens with one attached hydrogen (secondary N) is 1. The second kappa shape index (κ2) is 7.24. The normalized spacial score (nSPS) is 15.5. The van der Waals surface area contributed by atoms with Gasteiger partial charge in [0.15, 0.2) is 0 Å². The fraction of sp³-hybridized carbons (Fsp3) is 0.600. The van der Waals surface area contributed by atoms with E-state index in [-0.39, 0.29) is 19.2 Å². The molecule has 0 saturated carbocycles. The fourth-order valence-electron chi connectivity index (χ4n) is 2.29. The van der Waals surface area contributed by atoms with Gasteiger partial charge in [-0.3, -0.25) is 4.90 Å². The molecule has 1 aromatic carbocycles. The number of hydrogen-bond donors (Lipinski definition) is 2. The van der Waals surface area contributed by atoms with Crippen molar-refractivity contribution in [1.29, 1.82) is 0 Å². The first-order chi connectivity index (χ1) is 9.74. The fourth-order valence-corrected chi connectivity index (χ4v) is 2.29. The summed E-state index contributed by atoms with van der Waals surface area (Å²) in [6.45, 7) is 2.22. The summed E-state index contributed by atoms with van der Waals surface area (Å²) in [6, 6.07) is 8.77. The third-order valence-corrected chi connectivity index (χ3v) is 3.66. The highest BCUT2D eigenvalue weighted by molar-refractivity contribution is 5.25. The molecule has 0 saturated heterocycles. The monoisotopic (exact) mass is 304 g/mol. The van der Waals surface area contributed by atoms with Gasteiger partial charge in [0.1, 0.15) is 0 Å². The van der Waals surface area contributed by atoms with Crippen LogP contribution in [0.1, 0.15) is 19.4 Å². The van der Waals surface area contributed by atoms with E-state index in [1.807, 2.05) is 6.07 Å². The molecule has 0 bridgehead atoms. The van der Waals surface area contributed by atoms with Crippen LogP contribution in [0, 0.1) is 0 Å². The minimum atomic E-state index is -4.27. The third-order valence-electron chi connectivity index (χ3n) is 3.66. The molecule has 0 aliphatic carbocycles. The van der Waals surface area contributed by atoms with Crippen LogP contribution in [-0.4, -0.2) is 49.0 Å². The van der Waals surface area contributed by atoms with Gasteiger partial charge < -0.3 is 10.4 Å². The molecule has 1 aromatic rings. The lowest BCUT2D eigenvalue weighted by molar-refractivity contribution is -0.152. The molecular formula is C15H23F3N2O.